The summed E-state index contributed by atoms with van der Waals surface area (Å²) in [5, 5.41) is 3.10. The van der Waals surface area contributed by atoms with Crippen LogP contribution in [0.15, 0.2) is 22.7 Å². The topological polar surface area (TPSA) is 29.1 Å². The maximum Gasteiger partial charge on any atom is 0.252 e. The molecule has 1 amide bonds. The van der Waals surface area contributed by atoms with Crippen LogP contribution in [0.5, 0.6) is 0 Å². The molecule has 2 rings (SSSR count). The maximum atomic E-state index is 12.1. The van der Waals surface area contributed by atoms with E-state index >= 15 is 0 Å². The van der Waals surface area contributed by atoms with E-state index < -0.39 is 0 Å². The second kappa shape index (κ2) is 4.64. The van der Waals surface area contributed by atoms with Crippen LogP contribution in [0.25, 0.3) is 0 Å². The van der Waals surface area contributed by atoms with Crippen LogP contribution in [-0.4, -0.2) is 11.4 Å². The van der Waals surface area contributed by atoms with Gasteiger partial charge in [-0.3, -0.25) is 4.79 Å². The highest BCUT2D eigenvalue weighted by Gasteiger charge is 2.33. The van der Waals surface area contributed by atoms with Crippen LogP contribution < -0.4 is 5.32 Å². The lowest BCUT2D eigenvalue weighted by molar-refractivity contribution is 0.0849. The molecule has 4 heteroatoms. The monoisotopic (exact) mass is 393 g/mol. The second-order valence-corrected chi connectivity index (χ2v) is 6.59. The van der Waals surface area contributed by atoms with Crippen LogP contribution in [0, 0.1) is 3.57 Å². The molecule has 1 aliphatic rings. The Labute approximate surface area is 117 Å². The molecule has 1 aromatic rings. The first kappa shape index (κ1) is 12.4. The largest absolute Gasteiger partial charge is 0.347 e. The Balaban J connectivity index is 2.17. The van der Waals surface area contributed by atoms with Gasteiger partial charge in [0.15, 0.2) is 0 Å². The first-order chi connectivity index (χ1) is 7.50. The molecule has 1 aliphatic carbocycles. The predicted octanol–water partition coefficient (Wildman–Crippen LogP) is 3.73. The van der Waals surface area contributed by atoms with Crippen LogP contribution >= 0.6 is 38.5 Å². The molecule has 16 heavy (non-hydrogen) atoms. The fourth-order valence-electron chi connectivity index (χ4n) is 1.85. The summed E-state index contributed by atoms with van der Waals surface area (Å²) in [7, 11) is 0. The number of nitrogens with one attached hydrogen (secondary N) is 1. The van der Waals surface area contributed by atoms with E-state index in [1.807, 2.05) is 18.2 Å². The third kappa shape index (κ3) is 2.59. The van der Waals surface area contributed by atoms with Gasteiger partial charge in [0.2, 0.25) is 0 Å². The lowest BCUT2D eigenvalue weighted by Crippen LogP contribution is -2.51. The highest BCUT2D eigenvalue weighted by Crippen LogP contribution is 2.31. The fourth-order valence-corrected chi connectivity index (χ4v) is 2.76. The van der Waals surface area contributed by atoms with Crippen molar-refractivity contribution < 1.29 is 4.79 Å². The number of halogens is 2. The second-order valence-electron chi connectivity index (χ2n) is 4.49. The maximum absolute atomic E-state index is 12.1. The Bertz CT molecular complexity index is 429. The summed E-state index contributed by atoms with van der Waals surface area (Å²) >= 11 is 5.63. The van der Waals surface area contributed by atoms with Gasteiger partial charge in [0.05, 0.1) is 5.56 Å². The van der Waals surface area contributed by atoms with E-state index in [1.165, 1.54) is 6.42 Å². The highest BCUT2D eigenvalue weighted by molar-refractivity contribution is 14.1. The summed E-state index contributed by atoms with van der Waals surface area (Å²) in [5.74, 6) is 0.0209. The first-order valence-electron chi connectivity index (χ1n) is 5.28. The minimum atomic E-state index is 0.0117. The molecule has 1 saturated carbocycles. The molecule has 1 N–H and O–H groups in total. The van der Waals surface area contributed by atoms with Gasteiger partial charge in [-0.05, 0) is 82.9 Å². The molecule has 0 unspecified atom stereocenters. The molecule has 0 aromatic heterocycles. The van der Waals surface area contributed by atoms with Gasteiger partial charge >= 0.3 is 0 Å². The zero-order valence-electron chi connectivity index (χ0n) is 9.02. The lowest BCUT2D eigenvalue weighted by atomic mass is 9.78. The van der Waals surface area contributed by atoms with E-state index in [4.69, 9.17) is 0 Å². The summed E-state index contributed by atoms with van der Waals surface area (Å²) in [5.41, 5.74) is 0.734. The number of amides is 1. The smallest absolute Gasteiger partial charge is 0.252 e. The quantitative estimate of drug-likeness (QED) is 0.762. The zero-order valence-corrected chi connectivity index (χ0v) is 12.8. The molecule has 1 fully saturated rings. The van der Waals surface area contributed by atoms with Gasteiger partial charge in [0.25, 0.3) is 5.91 Å². The van der Waals surface area contributed by atoms with Crippen LogP contribution in [-0.2, 0) is 0 Å². The van der Waals surface area contributed by atoms with E-state index in [2.05, 4.69) is 50.8 Å². The van der Waals surface area contributed by atoms with E-state index in [-0.39, 0.29) is 11.4 Å². The van der Waals surface area contributed by atoms with E-state index in [0.717, 1.165) is 26.4 Å². The van der Waals surface area contributed by atoms with Crippen molar-refractivity contribution in [2.24, 2.45) is 0 Å². The Hall–Kier alpha value is -0.100. The number of carbonyl (C=O) groups is 1. The summed E-state index contributed by atoms with van der Waals surface area (Å²) < 4.78 is 1.93. The fraction of sp³-hybridized carbons (Fsp3) is 0.417. The molecule has 0 atom stereocenters. The van der Waals surface area contributed by atoms with Gasteiger partial charge in [-0.15, -0.1) is 0 Å². The van der Waals surface area contributed by atoms with Gasteiger partial charge in [-0.25, -0.2) is 0 Å². The van der Waals surface area contributed by atoms with E-state index in [0.29, 0.717) is 0 Å². The molecular formula is C12H13BrINO. The van der Waals surface area contributed by atoms with Crippen molar-refractivity contribution in [2.45, 2.75) is 31.7 Å². The third-order valence-electron chi connectivity index (χ3n) is 3.05. The number of hydrogen-bond acceptors (Lipinski definition) is 1. The summed E-state index contributed by atoms with van der Waals surface area (Å²) in [6.07, 6.45) is 3.38. The van der Waals surface area contributed by atoms with Crippen LogP contribution in [0.2, 0.25) is 0 Å². The standard InChI is InChI=1S/C12H13BrINO/c1-12(5-2-6-12)15-11(16)9-7-8(14)3-4-10(9)13/h3-4,7H,2,5-6H2,1H3,(H,15,16). The van der Waals surface area contributed by atoms with Crippen molar-refractivity contribution in [3.8, 4) is 0 Å². The Morgan fingerprint density at radius 2 is 2.19 bits per heavy atom. The van der Waals surface area contributed by atoms with Crippen molar-refractivity contribution >= 4 is 44.4 Å². The normalized spacial score (nSPS) is 17.7. The first-order valence-corrected chi connectivity index (χ1v) is 7.15. The minimum Gasteiger partial charge on any atom is -0.347 e. The molecule has 0 bridgehead atoms. The van der Waals surface area contributed by atoms with Crippen molar-refractivity contribution in [1.29, 1.82) is 0 Å². The Morgan fingerprint density at radius 1 is 1.50 bits per heavy atom. The SMILES string of the molecule is CC1(NC(=O)c2cc(I)ccc2Br)CCC1. The minimum absolute atomic E-state index is 0.0117. The average molecular weight is 394 g/mol. The van der Waals surface area contributed by atoms with Gasteiger partial charge in [-0.1, -0.05) is 0 Å². The van der Waals surface area contributed by atoms with E-state index in [1.54, 1.807) is 0 Å². The number of carbonyl (C=O) groups excluding carboxylic acids is 1. The molecule has 2 nitrogen and oxygen atoms in total. The van der Waals surface area contributed by atoms with Gasteiger partial charge in [0, 0.05) is 13.6 Å². The summed E-state index contributed by atoms with van der Waals surface area (Å²) in [6, 6.07) is 5.80. The Kier molecular flexibility index (Phi) is 3.59. The third-order valence-corrected chi connectivity index (χ3v) is 4.41. The van der Waals surface area contributed by atoms with Gasteiger partial charge < -0.3 is 5.32 Å². The molecule has 0 heterocycles. The molecule has 0 spiro atoms. The van der Waals surface area contributed by atoms with Crippen molar-refractivity contribution in [2.75, 3.05) is 0 Å². The average Bonchev–Trinajstić information content (AvgIpc) is 2.19. The van der Waals surface area contributed by atoms with Crippen LogP contribution in [0.1, 0.15) is 36.5 Å². The molecule has 0 radical (unpaired) electrons. The Morgan fingerprint density at radius 3 is 2.75 bits per heavy atom. The predicted molar refractivity (Wildman–Crippen MR) is 76.6 cm³/mol. The lowest BCUT2D eigenvalue weighted by Gasteiger charge is -2.39. The number of rotatable bonds is 2. The number of hydrogen-bond donors (Lipinski definition) is 1. The zero-order chi connectivity index (χ0) is 11.8. The summed E-state index contributed by atoms with van der Waals surface area (Å²) in [6.45, 7) is 2.11. The van der Waals surface area contributed by atoms with Gasteiger partial charge in [0.1, 0.15) is 0 Å². The molecule has 0 saturated heterocycles. The van der Waals surface area contributed by atoms with Crippen molar-refractivity contribution in [3.63, 3.8) is 0 Å². The van der Waals surface area contributed by atoms with Crippen molar-refractivity contribution in [1.82, 2.24) is 5.32 Å². The molecule has 1 aromatic carbocycles. The highest BCUT2D eigenvalue weighted by atomic mass is 127. The summed E-state index contributed by atoms with van der Waals surface area (Å²) in [4.78, 5) is 12.1. The molecule has 86 valence electrons. The van der Waals surface area contributed by atoms with Gasteiger partial charge in [-0.2, -0.15) is 0 Å². The van der Waals surface area contributed by atoms with Crippen LogP contribution in [0.3, 0.4) is 0 Å². The molecular weight excluding hydrogens is 381 g/mol. The van der Waals surface area contributed by atoms with Crippen molar-refractivity contribution in [3.05, 3.63) is 31.8 Å². The van der Waals surface area contributed by atoms with E-state index in [9.17, 15) is 4.79 Å². The number of benzene rings is 1. The molecule has 0 aliphatic heterocycles. The van der Waals surface area contributed by atoms with Crippen LogP contribution in [0.4, 0.5) is 0 Å².